The fourth-order valence-electron chi connectivity index (χ4n) is 3.53. The number of carbonyl (C=O) groups excluding carboxylic acids is 3. The molecular formula is C26H28Cl2FN3O4. The standard InChI is InChI=1S/C26H26FN3O4.2ClH/c1-15-3-9-20(16(2)11-15)26(33)34-14-17-4-6-18(7-5-17)22(13-28)25(32)30-19-8-10-21(24(29)31)23(27)12-19;;/h3-12,22H,13-14,28H2,1-2H3,(H2,29,31)(H,30,32);2*1H. The van der Waals surface area contributed by atoms with Gasteiger partial charge >= 0.3 is 5.97 Å². The summed E-state index contributed by atoms with van der Waals surface area (Å²) in [7, 11) is 0. The van der Waals surface area contributed by atoms with E-state index in [1.165, 1.54) is 12.1 Å². The summed E-state index contributed by atoms with van der Waals surface area (Å²) in [4.78, 5) is 36.2. The fraction of sp³-hybridized carbons (Fsp3) is 0.192. The zero-order chi connectivity index (χ0) is 24.8. The number of nitrogens with one attached hydrogen (secondary N) is 1. The molecule has 0 aliphatic heterocycles. The van der Waals surface area contributed by atoms with E-state index in [1.54, 1.807) is 30.3 Å². The van der Waals surface area contributed by atoms with Crippen molar-refractivity contribution in [3.05, 3.63) is 99.9 Å². The van der Waals surface area contributed by atoms with Gasteiger partial charge in [0.1, 0.15) is 12.4 Å². The molecular weight excluding hydrogens is 508 g/mol. The molecule has 7 nitrogen and oxygen atoms in total. The number of primary amides is 1. The minimum absolute atomic E-state index is 0. The van der Waals surface area contributed by atoms with Gasteiger partial charge in [0.2, 0.25) is 5.91 Å². The first kappa shape index (κ1) is 30.6. The summed E-state index contributed by atoms with van der Waals surface area (Å²) in [6.45, 7) is 3.92. The maximum atomic E-state index is 14.0. The summed E-state index contributed by atoms with van der Waals surface area (Å²) < 4.78 is 19.4. The first-order chi connectivity index (χ1) is 16.2. The third-order valence-corrected chi connectivity index (χ3v) is 5.41. The van der Waals surface area contributed by atoms with Gasteiger partial charge in [-0.1, -0.05) is 42.0 Å². The molecule has 0 heterocycles. The predicted octanol–water partition coefficient (Wildman–Crippen LogP) is 4.42. The van der Waals surface area contributed by atoms with Crippen molar-refractivity contribution in [2.24, 2.45) is 11.5 Å². The van der Waals surface area contributed by atoms with E-state index < -0.39 is 29.5 Å². The Morgan fingerprint density at radius 2 is 1.58 bits per heavy atom. The van der Waals surface area contributed by atoms with Crippen LogP contribution in [0.15, 0.2) is 60.7 Å². The highest BCUT2D eigenvalue weighted by atomic mass is 35.5. The van der Waals surface area contributed by atoms with E-state index >= 15 is 0 Å². The average Bonchev–Trinajstić information content (AvgIpc) is 2.78. The van der Waals surface area contributed by atoms with E-state index in [0.717, 1.165) is 22.8 Å². The Morgan fingerprint density at radius 1 is 0.944 bits per heavy atom. The Kier molecular flexibility index (Phi) is 11.5. The lowest BCUT2D eigenvalue weighted by atomic mass is 9.97. The van der Waals surface area contributed by atoms with Crippen LogP contribution in [-0.2, 0) is 16.1 Å². The molecule has 3 aromatic rings. The van der Waals surface area contributed by atoms with Gasteiger partial charge in [0.15, 0.2) is 0 Å². The molecule has 5 N–H and O–H groups in total. The highest BCUT2D eigenvalue weighted by Gasteiger charge is 2.20. The molecule has 0 spiro atoms. The van der Waals surface area contributed by atoms with Crippen molar-refractivity contribution >= 4 is 48.3 Å². The van der Waals surface area contributed by atoms with Crippen molar-refractivity contribution in [2.45, 2.75) is 26.4 Å². The molecule has 2 amide bonds. The summed E-state index contributed by atoms with van der Waals surface area (Å²) in [6.07, 6.45) is 0. The monoisotopic (exact) mass is 535 g/mol. The number of rotatable bonds is 8. The van der Waals surface area contributed by atoms with Crippen molar-refractivity contribution in [1.82, 2.24) is 0 Å². The van der Waals surface area contributed by atoms with E-state index in [0.29, 0.717) is 11.1 Å². The van der Waals surface area contributed by atoms with Gasteiger partial charge in [-0.15, -0.1) is 24.8 Å². The van der Waals surface area contributed by atoms with Crippen LogP contribution in [0.2, 0.25) is 0 Å². The molecule has 3 aromatic carbocycles. The first-order valence-electron chi connectivity index (χ1n) is 10.6. The smallest absolute Gasteiger partial charge is 0.338 e. The number of nitrogens with two attached hydrogens (primary N) is 2. The summed E-state index contributed by atoms with van der Waals surface area (Å²) in [6, 6.07) is 16.1. The second-order valence-corrected chi connectivity index (χ2v) is 7.97. The second kappa shape index (κ2) is 13.6. The number of carbonyl (C=O) groups is 3. The maximum absolute atomic E-state index is 14.0. The number of ether oxygens (including phenoxy) is 1. The summed E-state index contributed by atoms with van der Waals surface area (Å²) >= 11 is 0. The van der Waals surface area contributed by atoms with Crippen LogP contribution in [0.3, 0.4) is 0 Å². The normalized spacial score (nSPS) is 10.9. The van der Waals surface area contributed by atoms with Gasteiger partial charge < -0.3 is 21.5 Å². The van der Waals surface area contributed by atoms with Crippen LogP contribution in [0.1, 0.15) is 48.9 Å². The molecule has 10 heteroatoms. The third-order valence-electron chi connectivity index (χ3n) is 5.41. The second-order valence-electron chi connectivity index (χ2n) is 7.97. The minimum Gasteiger partial charge on any atom is -0.457 e. The molecule has 0 aromatic heterocycles. The highest BCUT2D eigenvalue weighted by Crippen LogP contribution is 2.21. The predicted molar refractivity (Wildman–Crippen MR) is 141 cm³/mol. The Hall–Kier alpha value is -3.46. The summed E-state index contributed by atoms with van der Waals surface area (Å²) in [5.41, 5.74) is 14.7. The summed E-state index contributed by atoms with van der Waals surface area (Å²) in [5, 5.41) is 2.60. The molecule has 0 bridgehead atoms. The molecule has 0 aliphatic carbocycles. The topological polar surface area (TPSA) is 125 Å². The van der Waals surface area contributed by atoms with Gasteiger partial charge in [0.25, 0.3) is 5.91 Å². The zero-order valence-corrected chi connectivity index (χ0v) is 21.4. The van der Waals surface area contributed by atoms with Crippen LogP contribution in [0.5, 0.6) is 0 Å². The van der Waals surface area contributed by atoms with Crippen molar-refractivity contribution in [3.8, 4) is 0 Å². The van der Waals surface area contributed by atoms with Crippen LogP contribution >= 0.6 is 24.8 Å². The van der Waals surface area contributed by atoms with Crippen molar-refractivity contribution in [1.29, 1.82) is 0 Å². The molecule has 0 saturated carbocycles. The lowest BCUT2D eigenvalue weighted by Gasteiger charge is -2.16. The maximum Gasteiger partial charge on any atom is 0.338 e. The first-order valence-corrected chi connectivity index (χ1v) is 10.6. The lowest BCUT2D eigenvalue weighted by molar-refractivity contribution is -0.117. The number of hydrogen-bond acceptors (Lipinski definition) is 5. The highest BCUT2D eigenvalue weighted by molar-refractivity contribution is 5.97. The SMILES string of the molecule is Cc1ccc(C(=O)OCc2ccc(C(CN)C(=O)Nc3ccc(C(N)=O)c(F)c3)cc2)c(C)c1.Cl.Cl. The number of amides is 2. The summed E-state index contributed by atoms with van der Waals surface area (Å²) in [5.74, 6) is -3.24. The van der Waals surface area contributed by atoms with E-state index in [9.17, 15) is 18.8 Å². The molecule has 1 atom stereocenters. The van der Waals surface area contributed by atoms with E-state index in [2.05, 4.69) is 5.32 Å². The van der Waals surface area contributed by atoms with Crippen molar-refractivity contribution in [3.63, 3.8) is 0 Å². The largest absolute Gasteiger partial charge is 0.457 e. The molecule has 3 rings (SSSR count). The number of benzene rings is 3. The molecule has 0 saturated heterocycles. The minimum atomic E-state index is -0.894. The molecule has 0 aliphatic rings. The van der Waals surface area contributed by atoms with Gasteiger partial charge in [0, 0.05) is 12.2 Å². The Labute approximate surface area is 221 Å². The van der Waals surface area contributed by atoms with Crippen LogP contribution in [0.4, 0.5) is 10.1 Å². The zero-order valence-electron chi connectivity index (χ0n) is 19.7. The fourth-order valence-corrected chi connectivity index (χ4v) is 3.53. The van der Waals surface area contributed by atoms with Crippen LogP contribution in [0, 0.1) is 19.7 Å². The average molecular weight is 536 g/mol. The van der Waals surface area contributed by atoms with Crippen LogP contribution < -0.4 is 16.8 Å². The Bertz CT molecular complexity index is 1240. The Morgan fingerprint density at radius 3 is 2.14 bits per heavy atom. The Balaban J connectivity index is 0.00000324. The molecule has 0 radical (unpaired) electrons. The quantitative estimate of drug-likeness (QED) is 0.368. The van der Waals surface area contributed by atoms with E-state index in [4.69, 9.17) is 16.2 Å². The van der Waals surface area contributed by atoms with Gasteiger partial charge in [-0.25, -0.2) is 9.18 Å². The van der Waals surface area contributed by atoms with Gasteiger partial charge in [-0.3, -0.25) is 9.59 Å². The van der Waals surface area contributed by atoms with Crippen molar-refractivity contribution < 1.29 is 23.5 Å². The molecule has 192 valence electrons. The van der Waals surface area contributed by atoms with Gasteiger partial charge in [-0.05, 0) is 54.8 Å². The van der Waals surface area contributed by atoms with Gasteiger partial charge in [-0.2, -0.15) is 0 Å². The number of anilines is 1. The van der Waals surface area contributed by atoms with Crippen LogP contribution in [0.25, 0.3) is 0 Å². The van der Waals surface area contributed by atoms with Crippen molar-refractivity contribution in [2.75, 3.05) is 11.9 Å². The molecule has 0 fully saturated rings. The van der Waals surface area contributed by atoms with E-state index in [1.807, 2.05) is 26.0 Å². The van der Waals surface area contributed by atoms with Crippen LogP contribution in [-0.4, -0.2) is 24.3 Å². The third kappa shape index (κ3) is 7.52. The number of aryl methyl sites for hydroxylation is 2. The number of halogens is 3. The molecule has 1 unspecified atom stereocenters. The lowest BCUT2D eigenvalue weighted by Crippen LogP contribution is -2.27. The van der Waals surface area contributed by atoms with E-state index in [-0.39, 0.29) is 49.2 Å². The number of esters is 1. The molecule has 36 heavy (non-hydrogen) atoms. The van der Waals surface area contributed by atoms with Gasteiger partial charge in [0.05, 0.1) is 17.0 Å². The number of hydrogen-bond donors (Lipinski definition) is 3.